The van der Waals surface area contributed by atoms with Gasteiger partial charge in [-0.05, 0) is 44.7 Å². The van der Waals surface area contributed by atoms with Gasteiger partial charge in [0.2, 0.25) is 0 Å². The summed E-state index contributed by atoms with van der Waals surface area (Å²) in [7, 11) is 3.62. The van der Waals surface area contributed by atoms with E-state index in [0.29, 0.717) is 24.7 Å². The number of likely N-dealkylation sites (N-methyl/N-ethyl adjacent to an activating group) is 1. The van der Waals surface area contributed by atoms with Gasteiger partial charge in [-0.1, -0.05) is 12.1 Å². The maximum Gasteiger partial charge on any atom is 0.161 e. The molecule has 0 aliphatic heterocycles. The highest BCUT2D eigenvalue weighted by Gasteiger charge is 2.16. The number of rotatable bonds is 8. The topological polar surface area (TPSA) is 54.8 Å². The fourth-order valence-electron chi connectivity index (χ4n) is 2.60. The van der Waals surface area contributed by atoms with Crippen LogP contribution in [-0.4, -0.2) is 41.3 Å². The average molecular weight is 330 g/mol. The van der Waals surface area contributed by atoms with Crippen LogP contribution in [0.15, 0.2) is 42.7 Å². The fourth-order valence-corrected chi connectivity index (χ4v) is 2.60. The first-order valence-electron chi connectivity index (χ1n) is 7.97. The molecule has 0 aliphatic rings. The Morgan fingerprint density at radius 3 is 2.58 bits per heavy atom. The molecule has 2 aromatic rings. The second-order valence-electron chi connectivity index (χ2n) is 6.62. The molecular weight excluding hydrogens is 304 g/mol. The van der Waals surface area contributed by atoms with Crippen molar-refractivity contribution in [3.8, 4) is 11.5 Å². The Hall–Kier alpha value is -2.11. The summed E-state index contributed by atoms with van der Waals surface area (Å²) < 4.78 is 11.3. The second kappa shape index (κ2) is 8.13. The van der Waals surface area contributed by atoms with Crippen molar-refractivity contribution in [3.63, 3.8) is 0 Å². The van der Waals surface area contributed by atoms with Gasteiger partial charge in [-0.3, -0.25) is 9.88 Å². The lowest BCUT2D eigenvalue weighted by molar-refractivity contribution is 0.0424. The van der Waals surface area contributed by atoms with Gasteiger partial charge in [-0.2, -0.15) is 0 Å². The minimum Gasteiger partial charge on any atom is -0.493 e. The van der Waals surface area contributed by atoms with Crippen molar-refractivity contribution in [1.29, 1.82) is 0 Å². The molecule has 1 N–H and O–H groups in total. The van der Waals surface area contributed by atoms with Gasteiger partial charge >= 0.3 is 0 Å². The Balaban J connectivity index is 2.06. The number of pyridine rings is 1. The average Bonchev–Trinajstić information content (AvgIpc) is 2.52. The molecular formula is C19H26N2O3. The molecule has 0 aliphatic carbocycles. The molecule has 0 bridgehead atoms. The van der Waals surface area contributed by atoms with Crippen LogP contribution in [0.4, 0.5) is 0 Å². The SMILES string of the molecule is COc1ccc(CN(C)CC(C)(C)O)cc1OCc1cccnc1. The zero-order valence-corrected chi connectivity index (χ0v) is 14.8. The zero-order valence-electron chi connectivity index (χ0n) is 14.8. The first-order chi connectivity index (χ1) is 11.4. The summed E-state index contributed by atoms with van der Waals surface area (Å²) in [6.07, 6.45) is 3.52. The van der Waals surface area contributed by atoms with Crippen LogP contribution in [0.25, 0.3) is 0 Å². The Bertz CT molecular complexity index is 639. The highest BCUT2D eigenvalue weighted by molar-refractivity contribution is 5.43. The van der Waals surface area contributed by atoms with Gasteiger partial charge in [-0.15, -0.1) is 0 Å². The van der Waals surface area contributed by atoms with E-state index in [1.54, 1.807) is 33.4 Å². The van der Waals surface area contributed by atoms with E-state index in [-0.39, 0.29) is 0 Å². The molecule has 0 atom stereocenters. The summed E-state index contributed by atoms with van der Waals surface area (Å²) in [6.45, 7) is 5.36. The lowest BCUT2D eigenvalue weighted by Crippen LogP contribution is -2.35. The lowest BCUT2D eigenvalue weighted by Gasteiger charge is -2.25. The smallest absolute Gasteiger partial charge is 0.161 e. The number of methoxy groups -OCH3 is 1. The Morgan fingerprint density at radius 2 is 1.96 bits per heavy atom. The number of hydrogen-bond acceptors (Lipinski definition) is 5. The molecule has 5 nitrogen and oxygen atoms in total. The molecule has 1 aromatic carbocycles. The molecule has 2 rings (SSSR count). The van der Waals surface area contributed by atoms with Crippen molar-refractivity contribution < 1.29 is 14.6 Å². The van der Waals surface area contributed by atoms with Crippen LogP contribution in [0.1, 0.15) is 25.0 Å². The van der Waals surface area contributed by atoms with E-state index in [0.717, 1.165) is 17.7 Å². The number of aliphatic hydroxyl groups is 1. The molecule has 0 fully saturated rings. The van der Waals surface area contributed by atoms with E-state index < -0.39 is 5.60 Å². The third kappa shape index (κ3) is 5.83. The summed E-state index contributed by atoms with van der Waals surface area (Å²) in [6, 6.07) is 9.76. The van der Waals surface area contributed by atoms with Crippen LogP contribution in [0.5, 0.6) is 11.5 Å². The monoisotopic (exact) mass is 330 g/mol. The van der Waals surface area contributed by atoms with Gasteiger partial charge in [0.15, 0.2) is 11.5 Å². The van der Waals surface area contributed by atoms with E-state index in [1.165, 1.54) is 0 Å². The summed E-state index contributed by atoms with van der Waals surface area (Å²) >= 11 is 0. The molecule has 24 heavy (non-hydrogen) atoms. The minimum atomic E-state index is -0.721. The predicted molar refractivity (Wildman–Crippen MR) is 94.2 cm³/mol. The van der Waals surface area contributed by atoms with Gasteiger partial charge in [0, 0.05) is 31.0 Å². The number of aromatic nitrogens is 1. The second-order valence-corrected chi connectivity index (χ2v) is 6.62. The largest absolute Gasteiger partial charge is 0.493 e. The van der Waals surface area contributed by atoms with Gasteiger partial charge in [-0.25, -0.2) is 0 Å². The van der Waals surface area contributed by atoms with Crippen LogP contribution in [0, 0.1) is 0 Å². The van der Waals surface area contributed by atoms with Crippen molar-refractivity contribution in [2.24, 2.45) is 0 Å². The van der Waals surface area contributed by atoms with Crippen molar-refractivity contribution in [3.05, 3.63) is 53.9 Å². The number of hydrogen-bond donors (Lipinski definition) is 1. The molecule has 1 aromatic heterocycles. The predicted octanol–water partition coefficient (Wildman–Crippen LogP) is 2.87. The van der Waals surface area contributed by atoms with Crippen LogP contribution < -0.4 is 9.47 Å². The first kappa shape index (κ1) is 18.2. The summed E-state index contributed by atoms with van der Waals surface area (Å²) in [5.41, 5.74) is 1.38. The number of ether oxygens (including phenoxy) is 2. The van der Waals surface area contributed by atoms with Gasteiger partial charge in [0.25, 0.3) is 0 Å². The highest BCUT2D eigenvalue weighted by atomic mass is 16.5. The van der Waals surface area contributed by atoms with Crippen LogP contribution in [-0.2, 0) is 13.2 Å². The van der Waals surface area contributed by atoms with Crippen molar-refractivity contribution in [2.75, 3.05) is 20.7 Å². The van der Waals surface area contributed by atoms with E-state index >= 15 is 0 Å². The first-order valence-corrected chi connectivity index (χ1v) is 7.97. The van der Waals surface area contributed by atoms with E-state index in [9.17, 15) is 5.11 Å². The van der Waals surface area contributed by atoms with Gasteiger partial charge < -0.3 is 14.6 Å². The molecule has 130 valence electrons. The fraction of sp³-hybridized carbons (Fsp3) is 0.421. The summed E-state index contributed by atoms with van der Waals surface area (Å²) in [5, 5.41) is 9.92. The summed E-state index contributed by atoms with van der Waals surface area (Å²) in [5.74, 6) is 1.41. The van der Waals surface area contributed by atoms with E-state index in [2.05, 4.69) is 9.88 Å². The van der Waals surface area contributed by atoms with Crippen LogP contribution in [0.2, 0.25) is 0 Å². The van der Waals surface area contributed by atoms with E-state index in [4.69, 9.17) is 9.47 Å². The molecule has 0 saturated heterocycles. The molecule has 0 spiro atoms. The maximum absolute atomic E-state index is 9.92. The molecule has 0 unspecified atom stereocenters. The number of benzene rings is 1. The normalized spacial score (nSPS) is 11.6. The minimum absolute atomic E-state index is 0.438. The Labute approximate surface area is 143 Å². The third-order valence-corrected chi connectivity index (χ3v) is 3.45. The molecule has 0 saturated carbocycles. The van der Waals surface area contributed by atoms with Crippen molar-refractivity contribution in [2.45, 2.75) is 32.6 Å². The van der Waals surface area contributed by atoms with Crippen LogP contribution >= 0.6 is 0 Å². The van der Waals surface area contributed by atoms with Crippen LogP contribution in [0.3, 0.4) is 0 Å². The standard InChI is InChI=1S/C19H26N2O3/c1-19(2,22)14-21(3)12-15-7-8-17(23-4)18(10-15)24-13-16-6-5-9-20-11-16/h5-11,22H,12-14H2,1-4H3. The van der Waals surface area contributed by atoms with Gasteiger partial charge in [0.1, 0.15) is 6.61 Å². The zero-order chi connectivity index (χ0) is 17.6. The van der Waals surface area contributed by atoms with Crippen molar-refractivity contribution >= 4 is 0 Å². The Kier molecular flexibility index (Phi) is 6.17. The maximum atomic E-state index is 9.92. The molecule has 1 heterocycles. The number of nitrogens with zero attached hydrogens (tertiary/aromatic N) is 2. The Morgan fingerprint density at radius 1 is 1.17 bits per heavy atom. The van der Waals surface area contributed by atoms with E-state index in [1.807, 2.05) is 37.4 Å². The lowest BCUT2D eigenvalue weighted by atomic mass is 10.1. The molecule has 0 radical (unpaired) electrons. The van der Waals surface area contributed by atoms with Crippen molar-refractivity contribution in [1.82, 2.24) is 9.88 Å². The quantitative estimate of drug-likeness (QED) is 0.806. The summed E-state index contributed by atoms with van der Waals surface area (Å²) in [4.78, 5) is 6.17. The molecule has 5 heteroatoms. The molecule has 0 amide bonds. The van der Waals surface area contributed by atoms with Gasteiger partial charge in [0.05, 0.1) is 12.7 Å². The third-order valence-electron chi connectivity index (χ3n) is 3.45. The highest BCUT2D eigenvalue weighted by Crippen LogP contribution is 2.29.